The maximum atomic E-state index is 11.8. The summed E-state index contributed by atoms with van der Waals surface area (Å²) in [7, 11) is 1.63. The largest absolute Gasteiger partial charge is 0.369 e. The Hall–Kier alpha value is -2.11. The lowest BCUT2D eigenvalue weighted by Gasteiger charge is -2.23. The van der Waals surface area contributed by atoms with Gasteiger partial charge >= 0.3 is 0 Å². The van der Waals surface area contributed by atoms with Gasteiger partial charge in [-0.15, -0.1) is 0 Å². The van der Waals surface area contributed by atoms with E-state index in [1.54, 1.807) is 19.4 Å². The fourth-order valence-corrected chi connectivity index (χ4v) is 1.97. The summed E-state index contributed by atoms with van der Waals surface area (Å²) in [6.45, 7) is 4.22. The van der Waals surface area contributed by atoms with Crippen molar-refractivity contribution in [3.8, 4) is 0 Å². The lowest BCUT2D eigenvalue weighted by molar-refractivity contribution is -0.129. The van der Waals surface area contributed by atoms with Crippen molar-refractivity contribution in [2.24, 2.45) is 5.41 Å². The van der Waals surface area contributed by atoms with Crippen LogP contribution in [0.15, 0.2) is 18.5 Å². The number of carbonyl (C=O) groups is 1. The van der Waals surface area contributed by atoms with Gasteiger partial charge in [0.05, 0.1) is 17.1 Å². The number of aromatic nitrogens is 3. The van der Waals surface area contributed by atoms with Crippen LogP contribution in [0.2, 0.25) is 0 Å². The van der Waals surface area contributed by atoms with E-state index in [4.69, 9.17) is 5.73 Å². The molecule has 18 heavy (non-hydrogen) atoms. The molecule has 0 aromatic carbocycles. The van der Waals surface area contributed by atoms with E-state index in [1.165, 1.54) is 0 Å². The average molecular weight is 247 g/mol. The molecule has 2 aromatic rings. The molecule has 2 rings (SSSR count). The van der Waals surface area contributed by atoms with E-state index < -0.39 is 5.41 Å². The molecular weight excluding hydrogens is 230 g/mol. The molecule has 0 radical (unpaired) electrons. The molecule has 0 aliphatic carbocycles. The molecule has 0 unspecified atom stereocenters. The third-order valence-corrected chi connectivity index (χ3v) is 2.98. The third kappa shape index (κ3) is 2.01. The molecular formula is C12H17N5O. The Morgan fingerprint density at radius 1 is 1.56 bits per heavy atom. The van der Waals surface area contributed by atoms with Crippen LogP contribution in [-0.4, -0.2) is 27.5 Å². The Bertz CT molecular complexity index is 587. The van der Waals surface area contributed by atoms with Crippen LogP contribution in [0.25, 0.3) is 11.0 Å². The predicted octanol–water partition coefficient (Wildman–Crippen LogP) is 0.786. The number of fused-ring (bicyclic) bond motifs is 1. The molecule has 3 N–H and O–H groups in total. The third-order valence-electron chi connectivity index (χ3n) is 2.98. The van der Waals surface area contributed by atoms with Crippen LogP contribution in [-0.2, 0) is 11.3 Å². The number of hydrogen-bond donors (Lipinski definition) is 2. The van der Waals surface area contributed by atoms with Gasteiger partial charge in [-0.3, -0.25) is 9.78 Å². The topological polar surface area (TPSA) is 85.8 Å². The number of hydrogen-bond acceptors (Lipinski definition) is 4. The van der Waals surface area contributed by atoms with Crippen LogP contribution in [0.1, 0.15) is 13.8 Å². The van der Waals surface area contributed by atoms with Crippen LogP contribution >= 0.6 is 0 Å². The van der Waals surface area contributed by atoms with Crippen molar-refractivity contribution in [1.29, 1.82) is 0 Å². The molecule has 2 heterocycles. The summed E-state index contributed by atoms with van der Waals surface area (Å²) in [5.41, 5.74) is 6.97. The normalized spacial score (nSPS) is 11.7. The summed E-state index contributed by atoms with van der Waals surface area (Å²) in [4.78, 5) is 20.0. The number of imidazole rings is 1. The number of nitrogen functional groups attached to an aromatic ring is 1. The Morgan fingerprint density at radius 2 is 2.28 bits per heavy atom. The standard InChI is InChI=1S/C12H17N5O/c1-12(2,10(18)14-3)7-17-9-4-5-15-6-8(9)16-11(17)13/h4-6H,7H2,1-3H3,(H2,13,16)(H,14,18). The first-order valence-corrected chi connectivity index (χ1v) is 5.73. The van der Waals surface area contributed by atoms with E-state index in [0.29, 0.717) is 12.5 Å². The SMILES string of the molecule is CNC(=O)C(C)(C)Cn1c(N)nc2cnccc21. The first kappa shape index (κ1) is 12.3. The second kappa shape index (κ2) is 4.29. The molecule has 0 spiro atoms. The first-order valence-electron chi connectivity index (χ1n) is 5.73. The number of nitrogens with two attached hydrogens (primary N) is 1. The van der Waals surface area contributed by atoms with E-state index in [2.05, 4.69) is 15.3 Å². The fourth-order valence-electron chi connectivity index (χ4n) is 1.97. The Morgan fingerprint density at radius 3 is 2.94 bits per heavy atom. The minimum absolute atomic E-state index is 0.0298. The van der Waals surface area contributed by atoms with Crippen molar-refractivity contribution in [3.63, 3.8) is 0 Å². The Labute approximate surface area is 105 Å². The molecule has 0 fully saturated rings. The van der Waals surface area contributed by atoms with Crippen molar-refractivity contribution < 1.29 is 4.79 Å². The monoisotopic (exact) mass is 247 g/mol. The number of nitrogens with zero attached hydrogens (tertiary/aromatic N) is 3. The van der Waals surface area contributed by atoms with Crippen LogP contribution in [0.3, 0.4) is 0 Å². The predicted molar refractivity (Wildman–Crippen MR) is 69.8 cm³/mol. The van der Waals surface area contributed by atoms with Gasteiger partial charge in [-0.2, -0.15) is 0 Å². The highest BCUT2D eigenvalue weighted by atomic mass is 16.2. The van der Waals surface area contributed by atoms with Gasteiger partial charge in [0.25, 0.3) is 0 Å². The number of nitrogens with one attached hydrogen (secondary N) is 1. The summed E-state index contributed by atoms with van der Waals surface area (Å²) in [6, 6.07) is 1.85. The van der Waals surface area contributed by atoms with Crippen molar-refractivity contribution in [3.05, 3.63) is 18.5 Å². The highest BCUT2D eigenvalue weighted by Crippen LogP contribution is 2.24. The van der Waals surface area contributed by atoms with Crippen LogP contribution in [0.4, 0.5) is 5.95 Å². The highest BCUT2D eigenvalue weighted by Gasteiger charge is 2.28. The molecule has 0 saturated heterocycles. The lowest BCUT2D eigenvalue weighted by atomic mass is 9.92. The molecule has 1 amide bonds. The summed E-state index contributed by atoms with van der Waals surface area (Å²) in [5, 5.41) is 2.66. The second-order valence-corrected chi connectivity index (χ2v) is 4.88. The highest BCUT2D eigenvalue weighted by molar-refractivity contribution is 5.82. The average Bonchev–Trinajstić information content (AvgIpc) is 2.65. The summed E-state index contributed by atoms with van der Waals surface area (Å²) < 4.78 is 1.84. The van der Waals surface area contributed by atoms with Gasteiger partial charge in [-0.25, -0.2) is 4.98 Å². The van der Waals surface area contributed by atoms with Crippen LogP contribution in [0.5, 0.6) is 0 Å². The molecule has 6 heteroatoms. The van der Waals surface area contributed by atoms with Crippen molar-refractivity contribution in [2.45, 2.75) is 20.4 Å². The molecule has 0 aliphatic rings. The van der Waals surface area contributed by atoms with E-state index >= 15 is 0 Å². The van der Waals surface area contributed by atoms with Crippen LogP contribution in [0, 0.1) is 5.41 Å². The minimum atomic E-state index is -0.556. The minimum Gasteiger partial charge on any atom is -0.369 e. The lowest BCUT2D eigenvalue weighted by Crippen LogP contribution is -2.37. The first-order chi connectivity index (χ1) is 8.45. The van der Waals surface area contributed by atoms with Gasteiger partial charge in [0.2, 0.25) is 11.9 Å². The van der Waals surface area contributed by atoms with Crippen LogP contribution < -0.4 is 11.1 Å². The number of pyridine rings is 1. The maximum Gasteiger partial charge on any atom is 0.227 e. The number of rotatable bonds is 3. The summed E-state index contributed by atoms with van der Waals surface area (Å²) in [6.07, 6.45) is 3.35. The van der Waals surface area contributed by atoms with E-state index in [-0.39, 0.29) is 5.91 Å². The maximum absolute atomic E-state index is 11.8. The van der Waals surface area contributed by atoms with Gasteiger partial charge in [0.1, 0.15) is 5.52 Å². The van der Waals surface area contributed by atoms with E-state index in [1.807, 2.05) is 24.5 Å². The number of anilines is 1. The van der Waals surface area contributed by atoms with Crippen molar-refractivity contribution >= 4 is 22.9 Å². The Kier molecular flexibility index (Phi) is 2.94. The van der Waals surface area contributed by atoms with Crippen molar-refractivity contribution in [1.82, 2.24) is 19.9 Å². The Balaban J connectivity index is 2.43. The molecule has 0 atom stereocenters. The van der Waals surface area contributed by atoms with Gasteiger partial charge < -0.3 is 15.6 Å². The van der Waals surface area contributed by atoms with Gasteiger partial charge in [-0.1, -0.05) is 0 Å². The zero-order valence-electron chi connectivity index (χ0n) is 10.8. The molecule has 0 aliphatic heterocycles. The van der Waals surface area contributed by atoms with Gasteiger partial charge in [0.15, 0.2) is 0 Å². The number of carbonyl (C=O) groups excluding carboxylic acids is 1. The fraction of sp³-hybridized carbons (Fsp3) is 0.417. The summed E-state index contributed by atoms with van der Waals surface area (Å²) in [5.74, 6) is 0.368. The van der Waals surface area contributed by atoms with Gasteiger partial charge in [0, 0.05) is 19.8 Å². The second-order valence-electron chi connectivity index (χ2n) is 4.88. The van der Waals surface area contributed by atoms with E-state index in [9.17, 15) is 4.79 Å². The zero-order chi connectivity index (χ0) is 13.3. The molecule has 6 nitrogen and oxygen atoms in total. The van der Waals surface area contributed by atoms with Gasteiger partial charge in [-0.05, 0) is 19.9 Å². The molecule has 0 saturated carbocycles. The summed E-state index contributed by atoms with van der Waals surface area (Å²) >= 11 is 0. The zero-order valence-corrected chi connectivity index (χ0v) is 10.8. The molecule has 96 valence electrons. The quantitative estimate of drug-likeness (QED) is 0.839. The number of amides is 1. The molecule has 0 bridgehead atoms. The van der Waals surface area contributed by atoms with Crippen molar-refractivity contribution in [2.75, 3.05) is 12.8 Å². The van der Waals surface area contributed by atoms with E-state index in [0.717, 1.165) is 11.0 Å². The smallest absolute Gasteiger partial charge is 0.227 e. The molecule has 2 aromatic heterocycles.